The van der Waals surface area contributed by atoms with Gasteiger partial charge in [-0.25, -0.2) is 4.98 Å². The van der Waals surface area contributed by atoms with E-state index in [1.54, 1.807) is 6.07 Å². The number of ether oxygens (including phenoxy) is 1. The van der Waals surface area contributed by atoms with E-state index < -0.39 is 0 Å². The van der Waals surface area contributed by atoms with Crippen molar-refractivity contribution in [1.29, 1.82) is 0 Å². The summed E-state index contributed by atoms with van der Waals surface area (Å²) in [5.74, 6) is 0.973. The van der Waals surface area contributed by atoms with Crippen LogP contribution in [0.4, 0.5) is 11.6 Å². The summed E-state index contributed by atoms with van der Waals surface area (Å²) in [5, 5.41) is 21.1. The molecule has 8 nitrogen and oxygen atoms in total. The molecular formula is C31H42N6O2. The highest BCUT2D eigenvalue weighted by Gasteiger charge is 2.14. The van der Waals surface area contributed by atoms with Crippen molar-refractivity contribution in [2.24, 2.45) is 0 Å². The summed E-state index contributed by atoms with van der Waals surface area (Å²) in [6.07, 6.45) is 1.99. The molecule has 0 unspecified atom stereocenters. The van der Waals surface area contributed by atoms with Crippen molar-refractivity contribution in [3.05, 3.63) is 76.6 Å². The fourth-order valence-electron chi connectivity index (χ4n) is 4.71. The van der Waals surface area contributed by atoms with E-state index in [0.29, 0.717) is 18.8 Å². The minimum absolute atomic E-state index is 0.192. The summed E-state index contributed by atoms with van der Waals surface area (Å²) in [6.45, 7) is 13.6. The second kappa shape index (κ2) is 14.0. The molecule has 4 N–H and O–H groups in total. The van der Waals surface area contributed by atoms with E-state index in [-0.39, 0.29) is 5.75 Å². The van der Waals surface area contributed by atoms with Gasteiger partial charge in [0.1, 0.15) is 11.4 Å². The maximum absolute atomic E-state index is 10.5. The van der Waals surface area contributed by atoms with Gasteiger partial charge in [-0.3, -0.25) is 4.98 Å². The van der Waals surface area contributed by atoms with Gasteiger partial charge in [0, 0.05) is 37.7 Å². The van der Waals surface area contributed by atoms with Gasteiger partial charge in [-0.1, -0.05) is 12.1 Å². The third kappa shape index (κ3) is 8.18. The molecule has 0 aliphatic heterocycles. The minimum atomic E-state index is 0.192. The lowest BCUT2D eigenvalue weighted by Crippen LogP contribution is -2.21. The number of fused-ring (bicyclic) bond motifs is 1. The number of benzene rings is 2. The molecule has 0 radical (unpaired) electrons. The van der Waals surface area contributed by atoms with Crippen molar-refractivity contribution in [1.82, 2.24) is 19.9 Å². The topological polar surface area (TPSA) is 96.3 Å². The first-order valence-electron chi connectivity index (χ1n) is 13.9. The Balaban J connectivity index is 1.49. The Kier molecular flexibility index (Phi) is 10.2. The molecule has 0 aliphatic carbocycles. The zero-order valence-electron chi connectivity index (χ0n) is 23.7. The lowest BCUT2D eigenvalue weighted by atomic mass is 10.1. The second-order valence-electron chi connectivity index (χ2n) is 10.1. The Morgan fingerprint density at radius 2 is 1.67 bits per heavy atom. The molecule has 2 aromatic heterocycles. The third-order valence-corrected chi connectivity index (χ3v) is 6.59. The van der Waals surface area contributed by atoms with Crippen LogP contribution in [-0.4, -0.2) is 52.5 Å². The quantitative estimate of drug-likeness (QED) is 0.150. The molecule has 0 saturated carbocycles. The Morgan fingerprint density at radius 3 is 2.46 bits per heavy atom. The number of rotatable bonds is 15. The van der Waals surface area contributed by atoms with Crippen LogP contribution in [-0.2, 0) is 17.8 Å². The van der Waals surface area contributed by atoms with Crippen LogP contribution >= 0.6 is 0 Å². The molecule has 4 aromatic rings. The first-order chi connectivity index (χ1) is 18.9. The highest BCUT2D eigenvalue weighted by Crippen LogP contribution is 2.26. The number of imidazole rings is 1. The zero-order valence-corrected chi connectivity index (χ0v) is 23.7. The summed E-state index contributed by atoms with van der Waals surface area (Å²) in [4.78, 5) is 9.50. The zero-order chi connectivity index (χ0) is 27.6. The predicted octanol–water partition coefficient (Wildman–Crippen LogP) is 5.54. The van der Waals surface area contributed by atoms with Crippen molar-refractivity contribution >= 4 is 22.7 Å². The second-order valence-corrected chi connectivity index (χ2v) is 10.1. The van der Waals surface area contributed by atoms with Crippen LogP contribution in [0.2, 0.25) is 0 Å². The summed E-state index contributed by atoms with van der Waals surface area (Å²) < 4.78 is 7.51. The number of anilines is 2. The number of aromatic hydroxyl groups is 1. The molecule has 0 saturated heterocycles. The molecule has 2 aromatic carbocycles. The van der Waals surface area contributed by atoms with Crippen LogP contribution in [0.3, 0.4) is 0 Å². The van der Waals surface area contributed by atoms with E-state index in [1.165, 1.54) is 11.1 Å². The Morgan fingerprint density at radius 1 is 0.872 bits per heavy atom. The molecule has 0 atom stereocenters. The maximum atomic E-state index is 10.5. The van der Waals surface area contributed by atoms with E-state index in [0.717, 1.165) is 79.6 Å². The normalized spacial score (nSPS) is 11.3. The van der Waals surface area contributed by atoms with Gasteiger partial charge in [-0.2, -0.15) is 0 Å². The fourth-order valence-corrected chi connectivity index (χ4v) is 4.71. The molecule has 4 rings (SSSR count). The Labute approximate surface area is 231 Å². The van der Waals surface area contributed by atoms with Gasteiger partial charge in [-0.05, 0) is 107 Å². The van der Waals surface area contributed by atoms with Crippen LogP contribution < -0.4 is 16.0 Å². The maximum Gasteiger partial charge on any atom is 0.204 e. The summed E-state index contributed by atoms with van der Waals surface area (Å²) in [6, 6.07) is 16.4. The molecule has 0 spiro atoms. The number of hydrogen-bond donors (Lipinski definition) is 4. The molecular weight excluding hydrogens is 488 g/mol. The number of nitrogens with zero attached hydrogens (tertiary/aromatic N) is 3. The van der Waals surface area contributed by atoms with Gasteiger partial charge in [0.2, 0.25) is 5.95 Å². The molecule has 0 aliphatic rings. The van der Waals surface area contributed by atoms with Crippen LogP contribution in [0.25, 0.3) is 11.0 Å². The van der Waals surface area contributed by atoms with E-state index in [1.807, 2.05) is 19.9 Å². The highest BCUT2D eigenvalue weighted by molar-refractivity contribution is 5.80. The van der Waals surface area contributed by atoms with Crippen LogP contribution in [0.15, 0.2) is 48.5 Å². The number of aromatic nitrogens is 3. The predicted molar refractivity (Wildman–Crippen MR) is 160 cm³/mol. The van der Waals surface area contributed by atoms with E-state index >= 15 is 0 Å². The lowest BCUT2D eigenvalue weighted by Gasteiger charge is -2.13. The molecule has 39 heavy (non-hydrogen) atoms. The Bertz CT molecular complexity index is 1350. The first-order valence-corrected chi connectivity index (χ1v) is 13.9. The smallest absolute Gasteiger partial charge is 0.204 e. The molecule has 8 heteroatoms. The third-order valence-electron chi connectivity index (χ3n) is 6.59. The number of aryl methyl sites for hydroxylation is 3. The average molecular weight is 531 g/mol. The lowest BCUT2D eigenvalue weighted by molar-refractivity contribution is 0.145. The van der Waals surface area contributed by atoms with Crippen molar-refractivity contribution < 1.29 is 9.84 Å². The summed E-state index contributed by atoms with van der Waals surface area (Å²) in [5.41, 5.74) is 8.18. The SMILES string of the molecule is CCOCCCNCCCNc1nc2ccc(CNc3cc(C)cc(C)c3)cc2n1Cc1nc(C)ccc1O. The highest BCUT2D eigenvalue weighted by atomic mass is 16.5. The van der Waals surface area contributed by atoms with Gasteiger partial charge >= 0.3 is 0 Å². The number of nitrogens with one attached hydrogen (secondary N) is 3. The molecule has 0 fully saturated rings. The van der Waals surface area contributed by atoms with E-state index in [4.69, 9.17) is 9.72 Å². The monoisotopic (exact) mass is 530 g/mol. The average Bonchev–Trinajstić information content (AvgIpc) is 3.24. The van der Waals surface area contributed by atoms with Crippen LogP contribution in [0, 0.1) is 20.8 Å². The molecule has 0 bridgehead atoms. The van der Waals surface area contributed by atoms with Crippen molar-refractivity contribution in [3.63, 3.8) is 0 Å². The summed E-state index contributed by atoms with van der Waals surface area (Å²) in [7, 11) is 0. The number of pyridine rings is 1. The standard InChI is InChI=1S/C31H42N6O2/c1-5-39-15-7-13-32-12-6-14-33-31-36-27-10-9-25(20-34-26-17-22(2)16-23(3)18-26)19-29(27)37(31)21-28-30(38)11-8-24(4)35-28/h8-11,16-19,32,34,38H,5-7,12-15,20-21H2,1-4H3,(H,33,36). The summed E-state index contributed by atoms with van der Waals surface area (Å²) >= 11 is 0. The van der Waals surface area contributed by atoms with Crippen LogP contribution in [0.1, 0.15) is 47.8 Å². The van der Waals surface area contributed by atoms with Crippen LogP contribution in [0.5, 0.6) is 5.75 Å². The minimum Gasteiger partial charge on any atom is -0.506 e. The van der Waals surface area contributed by atoms with Gasteiger partial charge in [0.15, 0.2) is 0 Å². The van der Waals surface area contributed by atoms with E-state index in [2.05, 4.69) is 75.7 Å². The van der Waals surface area contributed by atoms with Crippen molar-refractivity contribution in [2.75, 3.05) is 43.5 Å². The molecule has 208 valence electrons. The number of hydrogen-bond acceptors (Lipinski definition) is 7. The van der Waals surface area contributed by atoms with Crippen molar-refractivity contribution in [2.45, 2.75) is 53.6 Å². The van der Waals surface area contributed by atoms with Gasteiger partial charge < -0.3 is 30.4 Å². The fraction of sp³-hybridized carbons (Fsp3) is 0.419. The largest absolute Gasteiger partial charge is 0.506 e. The van der Waals surface area contributed by atoms with Crippen molar-refractivity contribution in [3.8, 4) is 5.75 Å². The first kappa shape index (κ1) is 28.4. The van der Waals surface area contributed by atoms with Gasteiger partial charge in [-0.15, -0.1) is 0 Å². The Hall–Kier alpha value is -3.62. The van der Waals surface area contributed by atoms with Gasteiger partial charge in [0.05, 0.1) is 17.6 Å². The molecule has 0 amide bonds. The van der Waals surface area contributed by atoms with E-state index in [9.17, 15) is 5.11 Å². The van der Waals surface area contributed by atoms with Gasteiger partial charge in [0.25, 0.3) is 0 Å². The molecule has 2 heterocycles.